The van der Waals surface area contributed by atoms with Gasteiger partial charge in [-0.2, -0.15) is 0 Å². The van der Waals surface area contributed by atoms with E-state index in [1.807, 2.05) is 0 Å². The summed E-state index contributed by atoms with van der Waals surface area (Å²) in [6, 6.07) is 0. The summed E-state index contributed by atoms with van der Waals surface area (Å²) in [5.41, 5.74) is 1.34. The highest BCUT2D eigenvalue weighted by Gasteiger charge is 2.11. The van der Waals surface area contributed by atoms with Crippen LogP contribution in [0.15, 0.2) is 11.6 Å². The van der Waals surface area contributed by atoms with E-state index >= 15 is 0 Å². The molecule has 0 spiro atoms. The first-order valence-electron chi connectivity index (χ1n) is 5.21. The standard InChI is InChI=1S/C11H21NO.ClH/c1-10(2)5-8-13-9-11-3-6-12-7-4-11;/h5,11-12H,3-4,6-9H2,1-2H3;1H. The van der Waals surface area contributed by atoms with Crippen LogP contribution in [-0.2, 0) is 4.74 Å². The van der Waals surface area contributed by atoms with Crippen LogP contribution in [0.1, 0.15) is 26.7 Å². The zero-order valence-electron chi connectivity index (χ0n) is 9.21. The predicted octanol–water partition coefficient (Wildman–Crippen LogP) is 2.39. The first-order chi connectivity index (χ1) is 6.29. The summed E-state index contributed by atoms with van der Waals surface area (Å²) >= 11 is 0. The molecule has 0 amide bonds. The summed E-state index contributed by atoms with van der Waals surface area (Å²) in [7, 11) is 0. The van der Waals surface area contributed by atoms with Gasteiger partial charge in [-0.1, -0.05) is 11.6 Å². The van der Waals surface area contributed by atoms with E-state index in [4.69, 9.17) is 4.74 Å². The van der Waals surface area contributed by atoms with Crippen LogP contribution in [0.4, 0.5) is 0 Å². The molecule has 0 bridgehead atoms. The largest absolute Gasteiger partial charge is 0.377 e. The fourth-order valence-electron chi connectivity index (χ4n) is 1.51. The molecule has 1 heterocycles. The molecule has 1 N–H and O–H groups in total. The van der Waals surface area contributed by atoms with Gasteiger partial charge < -0.3 is 10.1 Å². The number of piperidine rings is 1. The van der Waals surface area contributed by atoms with E-state index in [2.05, 4.69) is 25.2 Å². The minimum atomic E-state index is 0. The summed E-state index contributed by atoms with van der Waals surface area (Å²) in [4.78, 5) is 0. The van der Waals surface area contributed by atoms with E-state index in [1.165, 1.54) is 18.4 Å². The maximum Gasteiger partial charge on any atom is 0.0649 e. The number of rotatable bonds is 4. The van der Waals surface area contributed by atoms with Crippen LogP contribution in [0.5, 0.6) is 0 Å². The molecule has 84 valence electrons. The van der Waals surface area contributed by atoms with E-state index in [-0.39, 0.29) is 12.4 Å². The second-order valence-electron chi connectivity index (χ2n) is 4.01. The normalized spacial score (nSPS) is 17.3. The lowest BCUT2D eigenvalue weighted by atomic mass is 9.99. The molecule has 14 heavy (non-hydrogen) atoms. The SMILES string of the molecule is CC(C)=CCOCC1CCNCC1.Cl. The summed E-state index contributed by atoms with van der Waals surface area (Å²) in [5, 5.41) is 3.36. The van der Waals surface area contributed by atoms with Crippen LogP contribution in [0.2, 0.25) is 0 Å². The van der Waals surface area contributed by atoms with Crippen LogP contribution in [0.3, 0.4) is 0 Å². The Kier molecular flexibility index (Phi) is 8.24. The van der Waals surface area contributed by atoms with Gasteiger partial charge in [0.1, 0.15) is 0 Å². The summed E-state index contributed by atoms with van der Waals surface area (Å²) in [5.74, 6) is 0.784. The van der Waals surface area contributed by atoms with Crippen molar-refractivity contribution in [3.05, 3.63) is 11.6 Å². The first kappa shape index (κ1) is 13.9. The first-order valence-corrected chi connectivity index (χ1v) is 5.21. The van der Waals surface area contributed by atoms with Gasteiger partial charge in [-0.25, -0.2) is 0 Å². The Morgan fingerprint density at radius 1 is 1.36 bits per heavy atom. The molecule has 0 aromatic rings. The van der Waals surface area contributed by atoms with E-state index in [0.717, 1.165) is 32.2 Å². The fourth-order valence-corrected chi connectivity index (χ4v) is 1.51. The highest BCUT2D eigenvalue weighted by molar-refractivity contribution is 5.85. The molecule has 2 nitrogen and oxygen atoms in total. The van der Waals surface area contributed by atoms with Gasteiger partial charge in [0.15, 0.2) is 0 Å². The van der Waals surface area contributed by atoms with E-state index in [0.29, 0.717) is 0 Å². The molecule has 1 rings (SSSR count). The van der Waals surface area contributed by atoms with Gasteiger partial charge >= 0.3 is 0 Å². The highest BCUT2D eigenvalue weighted by atomic mass is 35.5. The molecule has 0 aromatic heterocycles. The van der Waals surface area contributed by atoms with Crippen molar-refractivity contribution >= 4 is 12.4 Å². The van der Waals surface area contributed by atoms with Gasteiger partial charge in [0.05, 0.1) is 6.61 Å². The zero-order chi connectivity index (χ0) is 9.52. The smallest absolute Gasteiger partial charge is 0.0649 e. The molecular weight excluding hydrogens is 198 g/mol. The number of hydrogen-bond acceptors (Lipinski definition) is 2. The maximum atomic E-state index is 5.58. The Morgan fingerprint density at radius 3 is 2.57 bits per heavy atom. The Bertz CT molecular complexity index is 161. The van der Waals surface area contributed by atoms with Gasteiger partial charge in [0.25, 0.3) is 0 Å². The van der Waals surface area contributed by atoms with Crippen LogP contribution >= 0.6 is 12.4 Å². The van der Waals surface area contributed by atoms with Crippen LogP contribution in [-0.4, -0.2) is 26.3 Å². The molecule has 3 heteroatoms. The average molecular weight is 220 g/mol. The topological polar surface area (TPSA) is 21.3 Å². The highest BCUT2D eigenvalue weighted by Crippen LogP contribution is 2.11. The van der Waals surface area contributed by atoms with Crippen LogP contribution in [0, 0.1) is 5.92 Å². The molecule has 0 saturated carbocycles. The molecular formula is C11H22ClNO. The predicted molar refractivity (Wildman–Crippen MR) is 63.1 cm³/mol. The molecule has 1 aliphatic heterocycles. The second kappa shape index (κ2) is 8.27. The Hall–Kier alpha value is -0.0500. The molecule has 0 radical (unpaired) electrons. The molecule has 0 atom stereocenters. The Balaban J connectivity index is 0.00000169. The van der Waals surface area contributed by atoms with Crippen molar-refractivity contribution in [1.29, 1.82) is 0 Å². The van der Waals surface area contributed by atoms with Gasteiger partial charge in [0, 0.05) is 6.61 Å². The quantitative estimate of drug-likeness (QED) is 0.579. The van der Waals surface area contributed by atoms with E-state index in [9.17, 15) is 0 Å². The molecule has 1 saturated heterocycles. The monoisotopic (exact) mass is 219 g/mol. The zero-order valence-corrected chi connectivity index (χ0v) is 10.0. The molecule has 0 aromatic carbocycles. The summed E-state index contributed by atoms with van der Waals surface area (Å²) in [6.45, 7) is 8.26. The molecule has 0 aliphatic carbocycles. The minimum Gasteiger partial charge on any atom is -0.377 e. The third-order valence-corrected chi connectivity index (χ3v) is 2.42. The number of ether oxygens (including phenoxy) is 1. The summed E-state index contributed by atoms with van der Waals surface area (Å²) < 4.78 is 5.58. The van der Waals surface area contributed by atoms with Gasteiger partial charge in [-0.15, -0.1) is 12.4 Å². The van der Waals surface area contributed by atoms with Crippen molar-refractivity contribution in [3.8, 4) is 0 Å². The maximum absolute atomic E-state index is 5.58. The lowest BCUT2D eigenvalue weighted by molar-refractivity contribution is 0.108. The fraction of sp³-hybridized carbons (Fsp3) is 0.818. The minimum absolute atomic E-state index is 0. The van der Waals surface area contributed by atoms with Gasteiger partial charge in [0.2, 0.25) is 0 Å². The lowest BCUT2D eigenvalue weighted by Gasteiger charge is -2.21. The Labute approximate surface area is 93.5 Å². The second-order valence-corrected chi connectivity index (χ2v) is 4.01. The molecule has 1 aliphatic rings. The average Bonchev–Trinajstić information content (AvgIpc) is 2.14. The third-order valence-electron chi connectivity index (χ3n) is 2.42. The summed E-state index contributed by atoms with van der Waals surface area (Å²) in [6.07, 6.45) is 4.69. The van der Waals surface area contributed by atoms with Crippen molar-refractivity contribution < 1.29 is 4.74 Å². The number of halogens is 1. The van der Waals surface area contributed by atoms with Crippen LogP contribution < -0.4 is 5.32 Å². The van der Waals surface area contributed by atoms with Crippen molar-refractivity contribution in [2.24, 2.45) is 5.92 Å². The number of allylic oxidation sites excluding steroid dienone is 1. The van der Waals surface area contributed by atoms with Gasteiger partial charge in [-0.05, 0) is 45.7 Å². The molecule has 1 fully saturated rings. The third kappa shape index (κ3) is 6.41. The van der Waals surface area contributed by atoms with Crippen molar-refractivity contribution in [1.82, 2.24) is 5.32 Å². The van der Waals surface area contributed by atoms with E-state index in [1.54, 1.807) is 0 Å². The number of nitrogens with one attached hydrogen (secondary N) is 1. The lowest BCUT2D eigenvalue weighted by Crippen LogP contribution is -2.29. The number of hydrogen-bond donors (Lipinski definition) is 1. The van der Waals surface area contributed by atoms with Crippen LogP contribution in [0.25, 0.3) is 0 Å². The van der Waals surface area contributed by atoms with Crippen molar-refractivity contribution in [2.45, 2.75) is 26.7 Å². The molecule has 0 unspecified atom stereocenters. The Morgan fingerprint density at radius 2 is 2.00 bits per heavy atom. The van der Waals surface area contributed by atoms with Gasteiger partial charge in [-0.3, -0.25) is 0 Å². The van der Waals surface area contributed by atoms with E-state index < -0.39 is 0 Å². The van der Waals surface area contributed by atoms with Crippen molar-refractivity contribution in [2.75, 3.05) is 26.3 Å². The van der Waals surface area contributed by atoms with Crippen molar-refractivity contribution in [3.63, 3.8) is 0 Å².